The summed E-state index contributed by atoms with van der Waals surface area (Å²) in [6, 6.07) is 7.28. The Bertz CT molecular complexity index is 818. The van der Waals surface area contributed by atoms with Gasteiger partial charge >= 0.3 is 0 Å². The third-order valence-electron chi connectivity index (χ3n) is 3.90. The van der Waals surface area contributed by atoms with Crippen molar-refractivity contribution in [1.82, 2.24) is 14.7 Å². The highest BCUT2D eigenvalue weighted by atomic mass is 19.1. The van der Waals surface area contributed by atoms with Gasteiger partial charge in [0.05, 0.1) is 0 Å². The average molecular weight is 316 g/mol. The monoisotopic (exact) mass is 316 g/mol. The fraction of sp³-hybridized carbons (Fsp3) is 0.312. The maximum Gasteiger partial charge on any atom is 0.278 e. The molecule has 0 saturated carbocycles. The SMILES string of the molecule is Cc1cc(=O)c(C(=O)N2CC[C@@H](N)C2)nn1-c1ccccc1F. The molecule has 1 amide bonds. The Balaban J connectivity index is 2.06. The number of hydrogen-bond donors (Lipinski definition) is 1. The molecule has 1 fully saturated rings. The zero-order valence-corrected chi connectivity index (χ0v) is 12.7. The van der Waals surface area contributed by atoms with Gasteiger partial charge in [-0.25, -0.2) is 9.07 Å². The number of hydrogen-bond acceptors (Lipinski definition) is 4. The van der Waals surface area contributed by atoms with E-state index in [-0.39, 0.29) is 17.4 Å². The first-order valence-electron chi connectivity index (χ1n) is 7.38. The van der Waals surface area contributed by atoms with E-state index in [1.807, 2.05) is 0 Å². The van der Waals surface area contributed by atoms with Gasteiger partial charge in [-0.2, -0.15) is 5.10 Å². The number of benzene rings is 1. The van der Waals surface area contributed by atoms with Gasteiger partial charge in [-0.15, -0.1) is 0 Å². The highest BCUT2D eigenvalue weighted by Crippen LogP contribution is 2.14. The summed E-state index contributed by atoms with van der Waals surface area (Å²) < 4.78 is 15.3. The van der Waals surface area contributed by atoms with Crippen molar-refractivity contribution in [3.63, 3.8) is 0 Å². The van der Waals surface area contributed by atoms with E-state index in [0.717, 1.165) is 0 Å². The zero-order valence-electron chi connectivity index (χ0n) is 12.7. The van der Waals surface area contributed by atoms with Crippen LogP contribution in [0.1, 0.15) is 22.6 Å². The van der Waals surface area contributed by atoms with Crippen LogP contribution in [0.3, 0.4) is 0 Å². The molecule has 1 atom stereocenters. The summed E-state index contributed by atoms with van der Waals surface area (Å²) in [6.45, 7) is 2.53. The van der Waals surface area contributed by atoms with Crippen molar-refractivity contribution in [3.8, 4) is 5.69 Å². The molecule has 23 heavy (non-hydrogen) atoms. The van der Waals surface area contributed by atoms with Gasteiger partial charge in [-0.3, -0.25) is 9.59 Å². The van der Waals surface area contributed by atoms with E-state index in [9.17, 15) is 14.0 Å². The first-order chi connectivity index (χ1) is 11.0. The number of amides is 1. The number of carbonyl (C=O) groups excluding carboxylic acids is 1. The molecule has 0 aliphatic carbocycles. The van der Waals surface area contributed by atoms with Gasteiger partial charge in [-0.05, 0) is 25.5 Å². The molecule has 120 valence electrons. The van der Waals surface area contributed by atoms with Gasteiger partial charge in [0.2, 0.25) is 5.43 Å². The minimum Gasteiger partial charge on any atom is -0.336 e. The van der Waals surface area contributed by atoms with E-state index in [2.05, 4.69) is 5.10 Å². The molecule has 7 heteroatoms. The molecule has 1 aromatic heterocycles. The number of carbonyl (C=O) groups is 1. The van der Waals surface area contributed by atoms with Crippen LogP contribution in [0.4, 0.5) is 4.39 Å². The highest BCUT2D eigenvalue weighted by Gasteiger charge is 2.27. The molecule has 3 rings (SSSR count). The number of rotatable bonds is 2. The summed E-state index contributed by atoms with van der Waals surface area (Å²) in [4.78, 5) is 26.1. The molecule has 0 bridgehead atoms. The molecular formula is C16H17FN4O2. The lowest BCUT2D eigenvalue weighted by Crippen LogP contribution is -2.36. The maximum atomic E-state index is 14.0. The van der Waals surface area contributed by atoms with E-state index in [4.69, 9.17) is 5.73 Å². The van der Waals surface area contributed by atoms with Gasteiger partial charge in [0, 0.05) is 30.9 Å². The second-order valence-corrected chi connectivity index (χ2v) is 5.66. The van der Waals surface area contributed by atoms with Crippen molar-refractivity contribution in [2.24, 2.45) is 5.73 Å². The summed E-state index contributed by atoms with van der Waals surface area (Å²) in [7, 11) is 0. The van der Waals surface area contributed by atoms with Crippen LogP contribution in [0.15, 0.2) is 35.1 Å². The van der Waals surface area contributed by atoms with E-state index in [0.29, 0.717) is 25.2 Å². The van der Waals surface area contributed by atoms with Crippen molar-refractivity contribution >= 4 is 5.91 Å². The van der Waals surface area contributed by atoms with E-state index < -0.39 is 17.2 Å². The van der Waals surface area contributed by atoms with E-state index in [1.54, 1.807) is 25.1 Å². The van der Waals surface area contributed by atoms with Crippen LogP contribution in [-0.2, 0) is 0 Å². The molecule has 0 spiro atoms. The predicted molar refractivity (Wildman–Crippen MR) is 83.0 cm³/mol. The Morgan fingerprint density at radius 2 is 2.13 bits per heavy atom. The molecule has 1 aliphatic heterocycles. The van der Waals surface area contributed by atoms with Gasteiger partial charge in [0.1, 0.15) is 11.5 Å². The molecule has 2 heterocycles. The van der Waals surface area contributed by atoms with Crippen LogP contribution in [0.5, 0.6) is 0 Å². The number of nitrogens with two attached hydrogens (primary N) is 1. The van der Waals surface area contributed by atoms with Crippen molar-refractivity contribution in [2.75, 3.05) is 13.1 Å². The van der Waals surface area contributed by atoms with Crippen molar-refractivity contribution in [2.45, 2.75) is 19.4 Å². The van der Waals surface area contributed by atoms with Gasteiger partial charge in [-0.1, -0.05) is 12.1 Å². The molecule has 2 aromatic rings. The Morgan fingerprint density at radius 3 is 2.78 bits per heavy atom. The third-order valence-corrected chi connectivity index (χ3v) is 3.90. The molecule has 2 N–H and O–H groups in total. The van der Waals surface area contributed by atoms with Gasteiger partial charge in [0.25, 0.3) is 5.91 Å². The Labute approximate surface area is 132 Å². The summed E-state index contributed by atoms with van der Waals surface area (Å²) in [5.74, 6) is -0.943. The van der Waals surface area contributed by atoms with Gasteiger partial charge in [0.15, 0.2) is 5.69 Å². The van der Waals surface area contributed by atoms with Crippen molar-refractivity contribution in [3.05, 3.63) is 57.8 Å². The van der Waals surface area contributed by atoms with Crippen molar-refractivity contribution < 1.29 is 9.18 Å². The maximum absolute atomic E-state index is 14.0. The van der Waals surface area contributed by atoms with Gasteiger partial charge < -0.3 is 10.6 Å². The topological polar surface area (TPSA) is 81.2 Å². The number of likely N-dealkylation sites (tertiary alicyclic amines) is 1. The Kier molecular flexibility index (Phi) is 3.96. The summed E-state index contributed by atoms with van der Waals surface area (Å²) in [5.41, 5.74) is 5.76. The van der Waals surface area contributed by atoms with Crippen LogP contribution >= 0.6 is 0 Å². The number of aromatic nitrogens is 2. The Hall–Kier alpha value is -2.54. The summed E-state index contributed by atoms with van der Waals surface area (Å²) in [6.07, 6.45) is 0.694. The average Bonchev–Trinajstić information content (AvgIpc) is 2.94. The minimum absolute atomic E-state index is 0.0850. The second-order valence-electron chi connectivity index (χ2n) is 5.66. The van der Waals surface area contributed by atoms with Crippen LogP contribution in [-0.4, -0.2) is 39.7 Å². The molecule has 0 radical (unpaired) electrons. The molecule has 1 aliphatic rings. The lowest BCUT2D eigenvalue weighted by atomic mass is 10.2. The summed E-state index contributed by atoms with van der Waals surface area (Å²) in [5, 5.41) is 4.10. The first-order valence-corrected chi connectivity index (χ1v) is 7.38. The van der Waals surface area contributed by atoms with Crippen LogP contribution in [0.2, 0.25) is 0 Å². The second kappa shape index (κ2) is 5.92. The predicted octanol–water partition coefficient (Wildman–Crippen LogP) is 0.853. The van der Waals surface area contributed by atoms with E-state index >= 15 is 0 Å². The fourth-order valence-corrected chi connectivity index (χ4v) is 2.68. The molecule has 6 nitrogen and oxygen atoms in total. The lowest BCUT2D eigenvalue weighted by Gasteiger charge is -2.16. The molecule has 1 aromatic carbocycles. The number of nitrogens with zero attached hydrogens (tertiary/aromatic N) is 3. The number of halogens is 1. The molecule has 1 saturated heterocycles. The quantitative estimate of drug-likeness (QED) is 0.891. The standard InChI is InChI=1S/C16H17FN4O2/c1-10-8-14(22)15(16(23)20-7-6-11(18)9-20)19-21(10)13-5-3-2-4-12(13)17/h2-5,8,11H,6-7,9,18H2,1H3/t11-/m1/s1. The first kappa shape index (κ1) is 15.4. The number of aryl methyl sites for hydroxylation is 1. The fourth-order valence-electron chi connectivity index (χ4n) is 2.68. The van der Waals surface area contributed by atoms with E-state index in [1.165, 1.54) is 21.7 Å². The largest absolute Gasteiger partial charge is 0.336 e. The number of para-hydroxylation sites is 1. The summed E-state index contributed by atoms with van der Waals surface area (Å²) >= 11 is 0. The highest BCUT2D eigenvalue weighted by molar-refractivity contribution is 5.92. The van der Waals surface area contributed by atoms with Crippen LogP contribution in [0.25, 0.3) is 5.69 Å². The third kappa shape index (κ3) is 2.87. The van der Waals surface area contributed by atoms with Crippen LogP contribution < -0.4 is 11.2 Å². The zero-order chi connectivity index (χ0) is 16.6. The molecular weight excluding hydrogens is 299 g/mol. The molecule has 0 unspecified atom stereocenters. The minimum atomic E-state index is -0.478. The van der Waals surface area contributed by atoms with Crippen molar-refractivity contribution in [1.29, 1.82) is 0 Å². The lowest BCUT2D eigenvalue weighted by molar-refractivity contribution is 0.0781. The normalized spacial score (nSPS) is 17.5. The van der Waals surface area contributed by atoms with Crippen LogP contribution in [0, 0.1) is 12.7 Å². The Morgan fingerprint density at radius 1 is 1.39 bits per heavy atom. The smallest absolute Gasteiger partial charge is 0.278 e.